The number of carbonyl (C=O) groups is 1. The van der Waals surface area contributed by atoms with Gasteiger partial charge in [0.05, 0.1) is 12.9 Å². The molecule has 1 atom stereocenters. The average molecular weight is 225 g/mol. The topological polar surface area (TPSA) is 47.6 Å². The fourth-order valence-corrected chi connectivity index (χ4v) is 1.43. The van der Waals surface area contributed by atoms with Gasteiger partial charge in [-0.1, -0.05) is 11.6 Å². The highest BCUT2D eigenvalue weighted by atomic mass is 16.5. The average Bonchev–Trinajstić information content (AvgIpc) is 2.35. The molecule has 90 valence electrons. The molecule has 0 aromatic carbocycles. The summed E-state index contributed by atoms with van der Waals surface area (Å²) in [6, 6.07) is 0. The highest BCUT2D eigenvalue weighted by Crippen LogP contribution is 2.17. The zero-order valence-electron chi connectivity index (χ0n) is 10.1. The van der Waals surface area contributed by atoms with Crippen molar-refractivity contribution in [2.75, 3.05) is 20.8 Å². The van der Waals surface area contributed by atoms with Crippen molar-refractivity contribution in [3.8, 4) is 0 Å². The Morgan fingerprint density at radius 2 is 2.19 bits per heavy atom. The van der Waals surface area contributed by atoms with Crippen molar-refractivity contribution in [2.24, 2.45) is 0 Å². The van der Waals surface area contributed by atoms with Crippen LogP contribution in [-0.4, -0.2) is 32.8 Å². The summed E-state index contributed by atoms with van der Waals surface area (Å²) in [6.07, 6.45) is 5.39. The number of carbonyl (C=O) groups excluding carboxylic acids is 1. The third-order valence-electron chi connectivity index (χ3n) is 2.67. The highest BCUT2D eigenvalue weighted by Gasteiger charge is 2.12. The minimum atomic E-state index is -0.394. The zero-order valence-corrected chi connectivity index (χ0v) is 10.1. The quantitative estimate of drug-likeness (QED) is 0.769. The van der Waals surface area contributed by atoms with Gasteiger partial charge < -0.3 is 14.8 Å². The molecule has 0 aliphatic heterocycles. The van der Waals surface area contributed by atoms with E-state index in [-0.39, 0.29) is 5.91 Å². The first-order valence-electron chi connectivity index (χ1n) is 5.40. The van der Waals surface area contributed by atoms with Gasteiger partial charge in [-0.15, -0.1) is 0 Å². The second kappa shape index (κ2) is 6.33. The fraction of sp³-hybridized carbons (Fsp3) is 0.583. The molecule has 0 spiro atoms. The summed E-state index contributed by atoms with van der Waals surface area (Å²) in [6.45, 7) is 2.31. The van der Waals surface area contributed by atoms with Crippen LogP contribution in [0.25, 0.3) is 0 Å². The van der Waals surface area contributed by atoms with Gasteiger partial charge in [-0.25, -0.2) is 0 Å². The van der Waals surface area contributed by atoms with E-state index in [2.05, 4.69) is 5.32 Å². The molecule has 1 rings (SSSR count). The summed E-state index contributed by atoms with van der Waals surface area (Å²) in [5.74, 6) is 0.908. The van der Waals surface area contributed by atoms with Crippen molar-refractivity contribution < 1.29 is 14.3 Å². The lowest BCUT2D eigenvalue weighted by Gasteiger charge is -2.15. The molecule has 0 saturated carbocycles. The minimum absolute atomic E-state index is 0.0788. The number of methoxy groups -OCH3 is 2. The Balaban J connectivity index is 2.37. The second-order valence-electron chi connectivity index (χ2n) is 3.76. The van der Waals surface area contributed by atoms with Crippen LogP contribution in [0, 0.1) is 0 Å². The number of rotatable bonds is 5. The Hall–Kier alpha value is -1.29. The van der Waals surface area contributed by atoms with E-state index in [0.29, 0.717) is 6.54 Å². The van der Waals surface area contributed by atoms with Crippen molar-refractivity contribution in [1.29, 1.82) is 0 Å². The summed E-state index contributed by atoms with van der Waals surface area (Å²) in [5.41, 5.74) is 1.21. The van der Waals surface area contributed by atoms with Gasteiger partial charge >= 0.3 is 0 Å². The van der Waals surface area contributed by atoms with E-state index in [0.717, 1.165) is 18.6 Å². The molecule has 0 aromatic heterocycles. The molecule has 4 heteroatoms. The third kappa shape index (κ3) is 3.70. The lowest BCUT2D eigenvalue weighted by Crippen LogP contribution is -2.35. The molecule has 0 saturated heterocycles. The van der Waals surface area contributed by atoms with E-state index in [1.54, 1.807) is 14.0 Å². The standard InChI is InChI=1S/C12H19NO3/c1-9(15-2)12(14)13-8-10-4-6-11(16-3)7-5-10/h4,6,9H,5,7-8H2,1-3H3,(H,13,14). The monoisotopic (exact) mass is 225 g/mol. The smallest absolute Gasteiger partial charge is 0.249 e. The van der Waals surface area contributed by atoms with Crippen molar-refractivity contribution in [1.82, 2.24) is 5.32 Å². The normalized spacial score (nSPS) is 17.2. The highest BCUT2D eigenvalue weighted by molar-refractivity contribution is 5.80. The van der Waals surface area contributed by atoms with Crippen LogP contribution in [0.3, 0.4) is 0 Å². The van der Waals surface area contributed by atoms with Gasteiger partial charge in [-0.3, -0.25) is 4.79 Å². The molecule has 0 heterocycles. The van der Waals surface area contributed by atoms with Gasteiger partial charge in [-0.05, 0) is 19.4 Å². The minimum Gasteiger partial charge on any atom is -0.501 e. The van der Waals surface area contributed by atoms with Crippen molar-refractivity contribution in [3.05, 3.63) is 23.5 Å². The van der Waals surface area contributed by atoms with Crippen LogP contribution in [0.15, 0.2) is 23.5 Å². The Morgan fingerprint density at radius 1 is 1.44 bits per heavy atom. The predicted octanol–water partition coefficient (Wildman–Crippen LogP) is 1.39. The maximum absolute atomic E-state index is 11.4. The van der Waals surface area contributed by atoms with Crippen LogP contribution in [0.2, 0.25) is 0 Å². The van der Waals surface area contributed by atoms with E-state index in [4.69, 9.17) is 9.47 Å². The van der Waals surface area contributed by atoms with Crippen LogP contribution in [0.5, 0.6) is 0 Å². The van der Waals surface area contributed by atoms with Crippen molar-refractivity contribution >= 4 is 5.91 Å². The summed E-state index contributed by atoms with van der Waals surface area (Å²) in [4.78, 5) is 11.4. The summed E-state index contributed by atoms with van der Waals surface area (Å²) in [5, 5.41) is 2.83. The third-order valence-corrected chi connectivity index (χ3v) is 2.67. The molecule has 1 amide bonds. The zero-order chi connectivity index (χ0) is 12.0. The van der Waals surface area contributed by atoms with Crippen LogP contribution in [-0.2, 0) is 14.3 Å². The number of nitrogens with one attached hydrogen (secondary N) is 1. The van der Waals surface area contributed by atoms with Gasteiger partial charge in [0.25, 0.3) is 0 Å². The largest absolute Gasteiger partial charge is 0.501 e. The fourth-order valence-electron chi connectivity index (χ4n) is 1.43. The van der Waals surface area contributed by atoms with E-state index in [1.807, 2.05) is 12.2 Å². The number of ether oxygens (including phenoxy) is 2. The molecule has 0 aromatic rings. The van der Waals surface area contributed by atoms with Crippen LogP contribution in [0.1, 0.15) is 19.8 Å². The van der Waals surface area contributed by atoms with Crippen LogP contribution in [0.4, 0.5) is 0 Å². The molecule has 0 radical (unpaired) electrons. The lowest BCUT2D eigenvalue weighted by molar-refractivity contribution is -0.129. The Kier molecular flexibility index (Phi) is 5.05. The Morgan fingerprint density at radius 3 is 2.69 bits per heavy atom. The maximum atomic E-state index is 11.4. The van der Waals surface area contributed by atoms with Gasteiger partial charge in [0, 0.05) is 20.1 Å². The van der Waals surface area contributed by atoms with Gasteiger partial charge in [-0.2, -0.15) is 0 Å². The maximum Gasteiger partial charge on any atom is 0.249 e. The molecular weight excluding hydrogens is 206 g/mol. The molecule has 1 aliphatic carbocycles. The van der Waals surface area contributed by atoms with Gasteiger partial charge in [0.2, 0.25) is 5.91 Å². The molecule has 4 nitrogen and oxygen atoms in total. The van der Waals surface area contributed by atoms with E-state index < -0.39 is 6.10 Å². The molecule has 0 fully saturated rings. The summed E-state index contributed by atoms with van der Waals surface area (Å²) >= 11 is 0. The first kappa shape index (κ1) is 12.8. The lowest BCUT2D eigenvalue weighted by atomic mass is 10.0. The molecular formula is C12H19NO3. The number of amides is 1. The van der Waals surface area contributed by atoms with Crippen molar-refractivity contribution in [2.45, 2.75) is 25.9 Å². The molecule has 1 aliphatic rings. The van der Waals surface area contributed by atoms with Gasteiger partial charge in [0.15, 0.2) is 0 Å². The van der Waals surface area contributed by atoms with Crippen LogP contribution < -0.4 is 5.32 Å². The summed E-state index contributed by atoms with van der Waals surface area (Å²) in [7, 11) is 3.20. The van der Waals surface area contributed by atoms with Gasteiger partial charge in [0.1, 0.15) is 6.10 Å². The Labute approximate surface area is 96.3 Å². The van der Waals surface area contributed by atoms with Crippen LogP contribution >= 0.6 is 0 Å². The number of allylic oxidation sites excluding steroid dienone is 3. The first-order chi connectivity index (χ1) is 7.67. The van der Waals surface area contributed by atoms with E-state index in [9.17, 15) is 4.79 Å². The molecule has 1 N–H and O–H groups in total. The SMILES string of the molecule is COC1=CC=C(CNC(=O)C(C)OC)CC1. The Bertz CT molecular complexity index is 307. The number of hydrogen-bond acceptors (Lipinski definition) is 3. The number of hydrogen-bond donors (Lipinski definition) is 1. The molecule has 0 bridgehead atoms. The van der Waals surface area contributed by atoms with E-state index >= 15 is 0 Å². The summed E-state index contributed by atoms with van der Waals surface area (Å²) < 4.78 is 10.1. The first-order valence-corrected chi connectivity index (χ1v) is 5.40. The van der Waals surface area contributed by atoms with E-state index in [1.165, 1.54) is 12.7 Å². The van der Waals surface area contributed by atoms with Crippen molar-refractivity contribution in [3.63, 3.8) is 0 Å². The second-order valence-corrected chi connectivity index (χ2v) is 3.76. The molecule has 16 heavy (non-hydrogen) atoms. The predicted molar refractivity (Wildman–Crippen MR) is 61.9 cm³/mol. The molecule has 1 unspecified atom stereocenters.